The van der Waals surface area contributed by atoms with E-state index >= 15 is 0 Å². The summed E-state index contributed by atoms with van der Waals surface area (Å²) in [5.41, 5.74) is 1.25. The van der Waals surface area contributed by atoms with Gasteiger partial charge in [-0.25, -0.2) is 22.6 Å². The molecule has 0 saturated heterocycles. The fourth-order valence-electron chi connectivity index (χ4n) is 4.98. The monoisotopic (exact) mass is 598 g/mol. The molecule has 0 bridgehead atoms. The second-order valence-electron chi connectivity index (χ2n) is 9.22. The van der Waals surface area contributed by atoms with Crippen molar-refractivity contribution >= 4 is 50.7 Å². The number of methoxy groups -OCH3 is 2. The molecular weight excluding hydrogens is 571 g/mol. The first-order valence-electron chi connectivity index (χ1n) is 12.1. The number of amidine groups is 1. The van der Waals surface area contributed by atoms with Gasteiger partial charge in [0.25, 0.3) is 0 Å². The van der Waals surface area contributed by atoms with E-state index in [0.29, 0.717) is 47.8 Å². The van der Waals surface area contributed by atoms with Gasteiger partial charge in [-0.2, -0.15) is 4.31 Å². The topological polar surface area (TPSA) is 127 Å². The summed E-state index contributed by atoms with van der Waals surface area (Å²) in [5, 5.41) is 5.79. The van der Waals surface area contributed by atoms with Gasteiger partial charge in [0.15, 0.2) is 10.8 Å². The predicted molar refractivity (Wildman–Crippen MR) is 144 cm³/mol. The lowest BCUT2D eigenvalue weighted by atomic mass is 9.80. The van der Waals surface area contributed by atoms with Crippen LogP contribution in [-0.4, -0.2) is 68.5 Å². The Morgan fingerprint density at radius 1 is 1.21 bits per heavy atom. The molecule has 1 aliphatic carbocycles. The van der Waals surface area contributed by atoms with Crippen LogP contribution in [0.4, 0.5) is 4.39 Å². The summed E-state index contributed by atoms with van der Waals surface area (Å²) in [6.45, 7) is -0.370. The molecule has 14 heteroatoms. The van der Waals surface area contributed by atoms with Crippen molar-refractivity contribution in [1.82, 2.24) is 14.6 Å². The van der Waals surface area contributed by atoms with Crippen LogP contribution < -0.4 is 5.32 Å². The first kappa shape index (κ1) is 29.1. The maximum Gasteiger partial charge on any atom is 0.338 e. The van der Waals surface area contributed by atoms with E-state index in [-0.39, 0.29) is 23.1 Å². The highest BCUT2D eigenvalue weighted by molar-refractivity contribution is 7.88. The van der Waals surface area contributed by atoms with E-state index in [2.05, 4.69) is 15.0 Å². The van der Waals surface area contributed by atoms with Gasteiger partial charge in [-0.1, -0.05) is 17.7 Å². The Bertz CT molecular complexity index is 1410. The molecule has 0 spiro atoms. The summed E-state index contributed by atoms with van der Waals surface area (Å²) in [4.78, 5) is 34.2. The van der Waals surface area contributed by atoms with E-state index in [1.807, 2.05) is 0 Å². The van der Waals surface area contributed by atoms with E-state index in [4.69, 9.17) is 21.3 Å². The average molecular weight is 599 g/mol. The van der Waals surface area contributed by atoms with Crippen LogP contribution in [0.3, 0.4) is 0 Å². The number of aliphatic imine (C=N–C) groups is 1. The number of sulfonamides is 1. The van der Waals surface area contributed by atoms with Crippen molar-refractivity contribution in [3.63, 3.8) is 0 Å². The quantitative estimate of drug-likeness (QED) is 0.458. The lowest BCUT2D eigenvalue weighted by Crippen LogP contribution is -2.46. The van der Waals surface area contributed by atoms with Gasteiger partial charge < -0.3 is 14.8 Å². The van der Waals surface area contributed by atoms with Crippen molar-refractivity contribution in [2.24, 2.45) is 10.9 Å². The molecule has 1 unspecified atom stereocenters. The lowest BCUT2D eigenvalue weighted by molar-refractivity contribution is -0.141. The van der Waals surface area contributed by atoms with Crippen LogP contribution in [0, 0.1) is 11.7 Å². The summed E-state index contributed by atoms with van der Waals surface area (Å²) in [5.74, 6) is -1.54. The lowest BCUT2D eigenvalue weighted by Gasteiger charge is -2.38. The Kier molecular flexibility index (Phi) is 9.04. The van der Waals surface area contributed by atoms with Crippen molar-refractivity contribution in [1.29, 1.82) is 0 Å². The first-order chi connectivity index (χ1) is 18.5. The summed E-state index contributed by atoms with van der Waals surface area (Å²) in [7, 11) is -1.20. The molecule has 4 rings (SSSR count). The van der Waals surface area contributed by atoms with E-state index in [1.165, 1.54) is 48.1 Å². The Labute approximate surface area is 234 Å². The molecule has 210 valence electrons. The average Bonchev–Trinajstić information content (AvgIpc) is 3.45. The number of esters is 2. The van der Waals surface area contributed by atoms with E-state index in [0.717, 1.165) is 6.26 Å². The molecule has 1 aromatic heterocycles. The van der Waals surface area contributed by atoms with Crippen LogP contribution in [0.15, 0.2) is 46.0 Å². The molecule has 0 amide bonds. The second-order valence-corrected chi connectivity index (χ2v) is 12.5. The van der Waals surface area contributed by atoms with Gasteiger partial charge >= 0.3 is 11.9 Å². The van der Waals surface area contributed by atoms with E-state index in [1.54, 1.807) is 11.6 Å². The molecule has 1 saturated carbocycles. The highest BCUT2D eigenvalue weighted by Crippen LogP contribution is 2.41. The standard InChI is InChI=1S/C25H28ClFN4O6S2/c1-36-19(32)13-31(39(3,34)35)16-7-4-14(5-8-16)21-20(25(33)37-2)22(17-9-6-15(27)12-18(17)26)30-23(29-21)24-28-10-11-38-24/h6,9-12,14,16,22H,4-5,7-8,13H2,1-3H3,(H,29,30). The molecular formula is C25H28ClFN4O6S2. The van der Waals surface area contributed by atoms with Crippen LogP contribution in [0.5, 0.6) is 0 Å². The molecule has 1 atom stereocenters. The van der Waals surface area contributed by atoms with Crippen molar-refractivity contribution in [2.45, 2.75) is 37.8 Å². The Hall–Kier alpha value is -2.87. The number of hydrogen-bond acceptors (Lipinski definition) is 10. The van der Waals surface area contributed by atoms with Gasteiger partial charge in [-0.3, -0.25) is 9.79 Å². The maximum atomic E-state index is 13.9. The van der Waals surface area contributed by atoms with E-state index in [9.17, 15) is 22.4 Å². The number of nitrogens with one attached hydrogen (secondary N) is 1. The van der Waals surface area contributed by atoms with Crippen molar-refractivity contribution in [3.8, 4) is 0 Å². The van der Waals surface area contributed by atoms with Gasteiger partial charge in [0, 0.05) is 33.9 Å². The highest BCUT2D eigenvalue weighted by Gasteiger charge is 2.39. The summed E-state index contributed by atoms with van der Waals surface area (Å²) in [6.07, 6.45) is 4.61. The fourth-order valence-corrected chi connectivity index (χ4v) is 6.93. The molecule has 2 aliphatic rings. The van der Waals surface area contributed by atoms with Crippen LogP contribution >= 0.6 is 22.9 Å². The van der Waals surface area contributed by atoms with Crippen molar-refractivity contribution < 1.29 is 31.9 Å². The van der Waals surface area contributed by atoms with Crippen molar-refractivity contribution in [3.05, 3.63) is 62.5 Å². The minimum Gasteiger partial charge on any atom is -0.468 e. The Morgan fingerprint density at radius 2 is 1.92 bits per heavy atom. The number of hydrogen-bond donors (Lipinski definition) is 1. The Morgan fingerprint density at radius 3 is 2.49 bits per heavy atom. The van der Waals surface area contributed by atoms with Gasteiger partial charge in [0.05, 0.1) is 26.0 Å². The van der Waals surface area contributed by atoms with Crippen LogP contribution in [0.25, 0.3) is 0 Å². The number of rotatable bonds is 8. The number of benzene rings is 1. The van der Waals surface area contributed by atoms with Gasteiger partial charge in [-0.15, -0.1) is 11.3 Å². The van der Waals surface area contributed by atoms with Gasteiger partial charge in [0.1, 0.15) is 18.4 Å². The second kappa shape index (κ2) is 12.1. The minimum absolute atomic E-state index is 0.111. The Balaban J connectivity index is 1.72. The molecule has 10 nitrogen and oxygen atoms in total. The number of carbonyl (C=O) groups excluding carboxylic acids is 2. The normalized spacial score (nSPS) is 21.8. The minimum atomic E-state index is -3.67. The van der Waals surface area contributed by atoms with Crippen molar-refractivity contribution in [2.75, 3.05) is 27.0 Å². The number of carbonyl (C=O) groups is 2. The molecule has 2 aromatic rings. The maximum absolute atomic E-state index is 13.9. The zero-order chi connectivity index (χ0) is 28.3. The smallest absolute Gasteiger partial charge is 0.338 e. The third-order valence-electron chi connectivity index (χ3n) is 6.82. The predicted octanol–water partition coefficient (Wildman–Crippen LogP) is 3.45. The van der Waals surface area contributed by atoms with Crippen LogP contribution in [0.1, 0.15) is 42.3 Å². The highest BCUT2D eigenvalue weighted by atomic mass is 35.5. The summed E-state index contributed by atoms with van der Waals surface area (Å²) < 4.78 is 49.8. The number of aromatic nitrogens is 1. The zero-order valence-corrected chi connectivity index (χ0v) is 23.9. The number of thiazole rings is 1. The molecule has 1 fully saturated rings. The fraction of sp³-hybridized carbons (Fsp3) is 0.440. The molecule has 1 aromatic carbocycles. The SMILES string of the molecule is COC(=O)CN(C1CCC(C2=C(C(=O)OC)C(c3ccc(F)cc3Cl)N=C(c3nccs3)N2)CC1)S(C)(=O)=O. The zero-order valence-electron chi connectivity index (χ0n) is 21.5. The number of ether oxygens (including phenoxy) is 2. The van der Waals surface area contributed by atoms with E-state index < -0.39 is 39.9 Å². The summed E-state index contributed by atoms with van der Waals surface area (Å²) in [6, 6.07) is 2.62. The van der Waals surface area contributed by atoms with Gasteiger partial charge in [0.2, 0.25) is 10.0 Å². The van der Waals surface area contributed by atoms with Gasteiger partial charge in [-0.05, 0) is 43.7 Å². The van der Waals surface area contributed by atoms with Crippen LogP contribution in [0.2, 0.25) is 5.02 Å². The number of allylic oxidation sites excluding steroid dienone is 1. The molecule has 2 heterocycles. The number of nitrogens with zero attached hydrogens (tertiary/aromatic N) is 3. The number of halogens is 2. The molecule has 1 aliphatic heterocycles. The van der Waals surface area contributed by atoms with Crippen LogP contribution in [-0.2, 0) is 29.1 Å². The molecule has 1 N–H and O–H groups in total. The molecule has 39 heavy (non-hydrogen) atoms. The third-order valence-corrected chi connectivity index (χ3v) is 9.21. The third kappa shape index (κ3) is 6.48. The largest absolute Gasteiger partial charge is 0.468 e. The molecule has 0 radical (unpaired) electrons. The first-order valence-corrected chi connectivity index (χ1v) is 15.2. The summed E-state index contributed by atoms with van der Waals surface area (Å²) >= 11 is 7.77.